The molecule has 0 saturated heterocycles. The van der Waals surface area contributed by atoms with E-state index < -0.39 is 26.1 Å². The summed E-state index contributed by atoms with van der Waals surface area (Å²) in [6.45, 7) is 16.6. The summed E-state index contributed by atoms with van der Waals surface area (Å²) in [7, 11) is -2.02. The summed E-state index contributed by atoms with van der Waals surface area (Å²) in [6.07, 6.45) is -0.650. The number of benzene rings is 1. The fourth-order valence-electron chi connectivity index (χ4n) is 3.18. The highest BCUT2D eigenvalue weighted by atomic mass is 28.4. The van der Waals surface area contributed by atoms with Crippen molar-refractivity contribution in [1.29, 1.82) is 0 Å². The molecule has 1 aliphatic rings. The Morgan fingerprint density at radius 3 is 2.52 bits per heavy atom. The van der Waals surface area contributed by atoms with Gasteiger partial charge in [0.15, 0.2) is 8.32 Å². The van der Waals surface area contributed by atoms with E-state index in [0.717, 1.165) is 11.1 Å². The summed E-state index contributed by atoms with van der Waals surface area (Å²) in [4.78, 5) is 25.8. The predicted molar refractivity (Wildman–Crippen MR) is 123 cm³/mol. The van der Waals surface area contributed by atoms with Crippen LogP contribution in [0.1, 0.15) is 52.0 Å². The van der Waals surface area contributed by atoms with Gasteiger partial charge in [-0.25, -0.2) is 4.79 Å². The molecule has 0 fully saturated rings. The molecule has 170 valence electrons. The van der Waals surface area contributed by atoms with Crippen molar-refractivity contribution in [3.8, 4) is 5.75 Å². The van der Waals surface area contributed by atoms with Gasteiger partial charge in [-0.2, -0.15) is 0 Å². The number of carbonyl (C=O) groups excluding carboxylic acids is 2. The summed E-state index contributed by atoms with van der Waals surface area (Å²) in [5.74, 6) is 0.345. The summed E-state index contributed by atoms with van der Waals surface area (Å²) in [5, 5.41) is 3.62. The van der Waals surface area contributed by atoms with E-state index in [4.69, 9.17) is 13.9 Å². The van der Waals surface area contributed by atoms with Crippen LogP contribution in [0.4, 0.5) is 4.79 Å². The Labute approximate surface area is 185 Å². The van der Waals surface area contributed by atoms with Crippen LogP contribution in [0, 0.1) is 0 Å². The lowest BCUT2D eigenvalue weighted by molar-refractivity contribution is 0.0464. The first-order chi connectivity index (χ1) is 14.2. The number of hydrogen-bond donors (Lipinski definition) is 1. The van der Waals surface area contributed by atoms with E-state index in [1.54, 1.807) is 25.3 Å². The molecule has 31 heavy (non-hydrogen) atoms. The SMILES string of the molecule is CC(C)(C)OC(=O)N[C@H]1COc2cccc3cc(CO[Si](C)(C)C(C)(C)C)n(c23)C1=O. The minimum absolute atomic E-state index is 0.0292. The smallest absolute Gasteiger partial charge is 0.408 e. The number of carbonyl (C=O) groups is 2. The minimum atomic E-state index is -2.02. The van der Waals surface area contributed by atoms with Crippen molar-refractivity contribution in [3.63, 3.8) is 0 Å². The third-order valence-electron chi connectivity index (χ3n) is 5.87. The number of alkyl carbamates (subject to hydrolysis) is 1. The van der Waals surface area contributed by atoms with Gasteiger partial charge in [-0.05, 0) is 51.0 Å². The Hall–Kier alpha value is -2.32. The fraction of sp³-hybridized carbons (Fsp3) is 0.565. The van der Waals surface area contributed by atoms with Gasteiger partial charge in [0, 0.05) is 5.39 Å². The predicted octanol–water partition coefficient (Wildman–Crippen LogP) is 5.09. The molecule has 1 amide bonds. The molecule has 1 aromatic carbocycles. The molecule has 0 bridgehead atoms. The van der Waals surface area contributed by atoms with Crippen LogP contribution >= 0.6 is 0 Å². The molecular formula is C23H34N2O5Si. The molecule has 2 aromatic rings. The van der Waals surface area contributed by atoms with E-state index in [1.165, 1.54) is 0 Å². The van der Waals surface area contributed by atoms with Gasteiger partial charge in [-0.3, -0.25) is 9.36 Å². The van der Waals surface area contributed by atoms with Gasteiger partial charge >= 0.3 is 6.09 Å². The first-order valence-corrected chi connectivity index (χ1v) is 13.5. The monoisotopic (exact) mass is 446 g/mol. The number of nitrogens with zero attached hydrogens (tertiary/aromatic N) is 1. The zero-order chi connectivity index (χ0) is 23.2. The molecule has 1 aromatic heterocycles. The van der Waals surface area contributed by atoms with Gasteiger partial charge in [-0.15, -0.1) is 0 Å². The number of para-hydroxylation sites is 1. The van der Waals surface area contributed by atoms with E-state index in [2.05, 4.69) is 39.2 Å². The van der Waals surface area contributed by atoms with Crippen molar-refractivity contribution in [1.82, 2.24) is 9.88 Å². The van der Waals surface area contributed by atoms with E-state index >= 15 is 0 Å². The molecule has 7 nitrogen and oxygen atoms in total. The Bertz CT molecular complexity index is 998. The molecule has 0 aliphatic carbocycles. The largest absolute Gasteiger partial charge is 0.489 e. The number of rotatable bonds is 4. The highest BCUT2D eigenvalue weighted by Gasteiger charge is 2.38. The lowest BCUT2D eigenvalue weighted by atomic mass is 10.2. The molecule has 0 saturated carbocycles. The third kappa shape index (κ3) is 4.96. The van der Waals surface area contributed by atoms with Gasteiger partial charge in [0.25, 0.3) is 5.91 Å². The highest BCUT2D eigenvalue weighted by molar-refractivity contribution is 6.74. The molecule has 0 unspecified atom stereocenters. The molecule has 0 radical (unpaired) electrons. The normalized spacial score (nSPS) is 17.3. The molecule has 0 spiro atoms. The maximum atomic E-state index is 13.5. The van der Waals surface area contributed by atoms with Crippen LogP contribution in [0.3, 0.4) is 0 Å². The number of amides is 1. The number of hydrogen-bond acceptors (Lipinski definition) is 5. The first-order valence-electron chi connectivity index (χ1n) is 10.6. The van der Waals surface area contributed by atoms with Crippen LogP contribution in [0.15, 0.2) is 24.3 Å². The number of aromatic nitrogens is 1. The molecule has 2 heterocycles. The highest BCUT2D eigenvalue weighted by Crippen LogP contribution is 2.38. The average Bonchev–Trinajstić information content (AvgIpc) is 2.92. The molecular weight excluding hydrogens is 412 g/mol. The number of nitrogens with one attached hydrogen (secondary N) is 1. The topological polar surface area (TPSA) is 78.8 Å². The van der Waals surface area contributed by atoms with Crippen molar-refractivity contribution in [2.75, 3.05) is 6.61 Å². The first kappa shape index (κ1) is 23.3. The van der Waals surface area contributed by atoms with E-state index in [0.29, 0.717) is 17.9 Å². The average molecular weight is 447 g/mol. The second-order valence-electron chi connectivity index (χ2n) is 10.6. The maximum absolute atomic E-state index is 13.5. The van der Waals surface area contributed by atoms with E-state index in [-0.39, 0.29) is 17.6 Å². The van der Waals surface area contributed by atoms with Crippen LogP contribution in [0.5, 0.6) is 5.75 Å². The third-order valence-corrected chi connectivity index (χ3v) is 10.3. The molecule has 3 rings (SSSR count). The van der Waals surface area contributed by atoms with Crippen molar-refractivity contribution in [3.05, 3.63) is 30.0 Å². The van der Waals surface area contributed by atoms with E-state index in [9.17, 15) is 9.59 Å². The van der Waals surface area contributed by atoms with Gasteiger partial charge < -0.3 is 19.2 Å². The Kier molecular flexibility index (Phi) is 6.01. The van der Waals surface area contributed by atoms with Crippen LogP contribution in [0.2, 0.25) is 18.1 Å². The lowest BCUT2D eigenvalue weighted by Gasteiger charge is -2.36. The molecule has 1 aliphatic heterocycles. The van der Waals surface area contributed by atoms with Gasteiger partial charge in [0.05, 0.1) is 17.8 Å². The summed E-state index contributed by atoms with van der Waals surface area (Å²) in [6, 6.07) is 6.77. The Morgan fingerprint density at radius 2 is 1.90 bits per heavy atom. The van der Waals surface area contributed by atoms with Crippen molar-refractivity contribution in [2.45, 2.75) is 77.9 Å². The fourth-order valence-corrected chi connectivity index (χ4v) is 4.12. The second-order valence-corrected chi connectivity index (χ2v) is 15.4. The lowest BCUT2D eigenvalue weighted by Crippen LogP contribution is -2.48. The summed E-state index contributed by atoms with van der Waals surface area (Å²) >= 11 is 0. The van der Waals surface area contributed by atoms with Crippen LogP contribution in [-0.2, 0) is 15.8 Å². The quantitative estimate of drug-likeness (QED) is 0.662. The van der Waals surface area contributed by atoms with Gasteiger partial charge in [-0.1, -0.05) is 32.9 Å². The summed E-state index contributed by atoms with van der Waals surface area (Å²) < 4.78 is 19.3. The molecule has 1 N–H and O–H groups in total. The van der Waals surface area contributed by atoms with Gasteiger partial charge in [0.1, 0.15) is 24.0 Å². The van der Waals surface area contributed by atoms with Crippen molar-refractivity contribution >= 4 is 31.2 Å². The number of ether oxygens (including phenoxy) is 2. The Morgan fingerprint density at radius 1 is 1.23 bits per heavy atom. The van der Waals surface area contributed by atoms with Crippen molar-refractivity contribution in [2.24, 2.45) is 0 Å². The Balaban J connectivity index is 1.94. The van der Waals surface area contributed by atoms with Crippen LogP contribution in [-0.4, -0.2) is 43.1 Å². The van der Waals surface area contributed by atoms with Crippen molar-refractivity contribution < 1.29 is 23.5 Å². The minimum Gasteiger partial charge on any atom is -0.489 e. The molecule has 8 heteroatoms. The standard InChI is InChI=1S/C23H34N2O5Si/c1-22(2,3)30-21(27)24-17-14-28-18-11-9-10-15-12-16(25(19(15)18)20(17)26)13-29-31(7,8)23(4,5)6/h9-12,17H,13-14H2,1-8H3,(H,24,27)/t17-/m0/s1. The van der Waals surface area contributed by atoms with Crippen LogP contribution < -0.4 is 10.1 Å². The maximum Gasteiger partial charge on any atom is 0.408 e. The van der Waals surface area contributed by atoms with Crippen LogP contribution in [0.25, 0.3) is 10.9 Å². The zero-order valence-electron chi connectivity index (χ0n) is 19.8. The second kappa shape index (κ2) is 7.98. The van der Waals surface area contributed by atoms with Gasteiger partial charge in [0.2, 0.25) is 0 Å². The van der Waals surface area contributed by atoms with E-state index in [1.807, 2.05) is 24.3 Å². The summed E-state index contributed by atoms with van der Waals surface area (Å²) in [5.41, 5.74) is 0.790. The zero-order valence-corrected chi connectivity index (χ0v) is 20.8. The molecule has 1 atom stereocenters.